The normalized spacial score (nSPS) is 26.5. The molecule has 5 nitrogen and oxygen atoms in total. The lowest BCUT2D eigenvalue weighted by Gasteiger charge is -2.33. The second-order valence-corrected chi connectivity index (χ2v) is 7.41. The van der Waals surface area contributed by atoms with E-state index in [0.29, 0.717) is 17.7 Å². The van der Waals surface area contributed by atoms with E-state index in [1.807, 2.05) is 23.1 Å². The number of hydrogen-bond acceptors (Lipinski definition) is 4. The molecule has 0 radical (unpaired) electrons. The Morgan fingerprint density at radius 3 is 2.84 bits per heavy atom. The molecule has 138 valence electrons. The third-order valence-electron chi connectivity index (χ3n) is 5.42. The summed E-state index contributed by atoms with van der Waals surface area (Å²) in [5.41, 5.74) is 1.05. The zero-order chi connectivity index (χ0) is 16.5. The number of rotatable bonds is 2. The van der Waals surface area contributed by atoms with Gasteiger partial charge in [0, 0.05) is 50.3 Å². The fourth-order valence-corrected chi connectivity index (χ4v) is 4.26. The number of nitrogens with zero attached hydrogens (tertiary/aromatic N) is 2. The number of fused-ring (bicyclic) bond motifs is 1. The van der Waals surface area contributed by atoms with Crippen molar-refractivity contribution in [3.63, 3.8) is 0 Å². The molecule has 0 spiro atoms. The minimum absolute atomic E-state index is 0. The van der Waals surface area contributed by atoms with Crippen LogP contribution in [0.2, 0.25) is 5.02 Å². The predicted molar refractivity (Wildman–Crippen MR) is 101 cm³/mol. The molecule has 7 heteroatoms. The molecule has 0 aliphatic carbocycles. The van der Waals surface area contributed by atoms with Crippen molar-refractivity contribution < 1.29 is 9.53 Å². The second-order valence-electron chi connectivity index (χ2n) is 6.98. The number of piperazine rings is 1. The molecular formula is C18H25Cl2N3O2. The Kier molecular flexibility index (Phi) is 6.10. The molecule has 0 aromatic heterocycles. The largest absolute Gasteiger partial charge is 0.492 e. The van der Waals surface area contributed by atoms with Gasteiger partial charge in [-0.05, 0) is 36.6 Å². The highest BCUT2D eigenvalue weighted by Crippen LogP contribution is 2.31. The summed E-state index contributed by atoms with van der Waals surface area (Å²) < 4.78 is 5.79. The van der Waals surface area contributed by atoms with Gasteiger partial charge in [0.15, 0.2) is 0 Å². The molecule has 0 bridgehead atoms. The van der Waals surface area contributed by atoms with Gasteiger partial charge in [-0.25, -0.2) is 0 Å². The number of nitrogens with one attached hydrogen (secondary N) is 1. The Labute approximate surface area is 160 Å². The molecule has 2 fully saturated rings. The van der Waals surface area contributed by atoms with Gasteiger partial charge in [0.2, 0.25) is 5.91 Å². The summed E-state index contributed by atoms with van der Waals surface area (Å²) in [6, 6.07) is 6.17. The number of benzene rings is 1. The highest BCUT2D eigenvalue weighted by molar-refractivity contribution is 6.30. The number of halogens is 2. The fraction of sp³-hybridized carbons (Fsp3) is 0.611. The molecule has 3 heterocycles. The maximum Gasteiger partial charge on any atom is 0.229 e. The first-order chi connectivity index (χ1) is 11.7. The van der Waals surface area contributed by atoms with Crippen LogP contribution in [-0.2, 0) is 11.2 Å². The number of hydrogen-bond donors (Lipinski definition) is 1. The van der Waals surface area contributed by atoms with E-state index >= 15 is 0 Å². The average Bonchev–Trinajstić information content (AvgIpc) is 3.11. The van der Waals surface area contributed by atoms with E-state index in [1.54, 1.807) is 0 Å². The van der Waals surface area contributed by atoms with Crippen LogP contribution in [0.5, 0.6) is 5.75 Å². The average molecular weight is 386 g/mol. The Bertz CT molecular complexity index is 622. The molecule has 4 rings (SSSR count). The minimum atomic E-state index is -0.0854. The van der Waals surface area contributed by atoms with Crippen molar-refractivity contribution in [2.45, 2.75) is 18.9 Å². The van der Waals surface area contributed by atoms with E-state index in [9.17, 15) is 4.79 Å². The lowest BCUT2D eigenvalue weighted by atomic mass is 9.95. The van der Waals surface area contributed by atoms with Gasteiger partial charge in [-0.1, -0.05) is 11.6 Å². The van der Waals surface area contributed by atoms with Gasteiger partial charge >= 0.3 is 0 Å². The third kappa shape index (κ3) is 4.05. The molecule has 2 saturated heterocycles. The number of likely N-dealkylation sites (tertiary alicyclic amines) is 1. The second kappa shape index (κ2) is 8.12. The lowest BCUT2D eigenvalue weighted by molar-refractivity contribution is -0.136. The molecule has 3 aliphatic rings. The maximum atomic E-state index is 12.9. The molecule has 2 unspecified atom stereocenters. The summed E-state index contributed by atoms with van der Waals surface area (Å²) in [6.45, 7) is 6.49. The highest BCUT2D eigenvalue weighted by Gasteiger charge is 2.35. The van der Waals surface area contributed by atoms with E-state index in [2.05, 4.69) is 10.2 Å². The molecule has 0 saturated carbocycles. The summed E-state index contributed by atoms with van der Waals surface area (Å²) in [6.07, 6.45) is 1.81. The van der Waals surface area contributed by atoms with Crippen molar-refractivity contribution in [2.75, 3.05) is 45.9 Å². The smallest absolute Gasteiger partial charge is 0.229 e. The first-order valence-corrected chi connectivity index (χ1v) is 9.23. The van der Waals surface area contributed by atoms with Crippen LogP contribution in [0.15, 0.2) is 18.2 Å². The predicted octanol–water partition coefficient (Wildman–Crippen LogP) is 1.82. The summed E-state index contributed by atoms with van der Waals surface area (Å²) >= 11 is 6.07. The molecular weight excluding hydrogens is 361 g/mol. The standard InChI is InChI=1S/C18H24ClN3O2.ClH/c19-15-1-2-17-13(10-15)9-14(12-24-17)18(23)22-6-3-16(11-22)21-7-4-20-5-8-21;/h1-2,10,14,16,20H,3-9,11-12H2;1H. The monoisotopic (exact) mass is 385 g/mol. The van der Waals surface area contributed by atoms with Crippen molar-refractivity contribution in [3.8, 4) is 5.75 Å². The molecule has 1 aromatic rings. The Hall–Kier alpha value is -1.01. The van der Waals surface area contributed by atoms with E-state index in [4.69, 9.17) is 16.3 Å². The van der Waals surface area contributed by atoms with Gasteiger partial charge in [-0.2, -0.15) is 0 Å². The van der Waals surface area contributed by atoms with Crippen molar-refractivity contribution in [3.05, 3.63) is 28.8 Å². The minimum Gasteiger partial charge on any atom is -0.492 e. The highest BCUT2D eigenvalue weighted by atomic mass is 35.5. The Morgan fingerprint density at radius 2 is 2.04 bits per heavy atom. The molecule has 2 atom stereocenters. The van der Waals surface area contributed by atoms with Gasteiger partial charge < -0.3 is 15.0 Å². The van der Waals surface area contributed by atoms with Gasteiger partial charge in [-0.15, -0.1) is 12.4 Å². The van der Waals surface area contributed by atoms with Crippen LogP contribution >= 0.6 is 24.0 Å². The van der Waals surface area contributed by atoms with Gasteiger partial charge in [0.25, 0.3) is 0 Å². The first-order valence-electron chi connectivity index (χ1n) is 8.85. The van der Waals surface area contributed by atoms with Crippen LogP contribution in [0.25, 0.3) is 0 Å². The van der Waals surface area contributed by atoms with Crippen molar-refractivity contribution in [1.82, 2.24) is 15.1 Å². The Morgan fingerprint density at radius 1 is 1.24 bits per heavy atom. The SMILES string of the molecule is Cl.O=C(C1COc2ccc(Cl)cc2C1)N1CCC(N2CCNCC2)C1. The van der Waals surface area contributed by atoms with Crippen LogP contribution in [-0.4, -0.2) is 67.6 Å². The quantitative estimate of drug-likeness (QED) is 0.843. The maximum absolute atomic E-state index is 12.9. The van der Waals surface area contributed by atoms with Crippen molar-refractivity contribution >= 4 is 29.9 Å². The molecule has 3 aliphatic heterocycles. The summed E-state index contributed by atoms with van der Waals surface area (Å²) in [7, 11) is 0. The summed E-state index contributed by atoms with van der Waals surface area (Å²) in [5.74, 6) is 1.01. The fourth-order valence-electron chi connectivity index (χ4n) is 4.07. The summed E-state index contributed by atoms with van der Waals surface area (Å²) in [4.78, 5) is 17.5. The van der Waals surface area contributed by atoms with Gasteiger partial charge in [0.05, 0.1) is 5.92 Å². The number of amides is 1. The number of carbonyl (C=O) groups excluding carboxylic acids is 1. The van der Waals surface area contributed by atoms with Crippen LogP contribution in [0, 0.1) is 5.92 Å². The van der Waals surface area contributed by atoms with Crippen molar-refractivity contribution in [2.24, 2.45) is 5.92 Å². The van der Waals surface area contributed by atoms with Gasteiger partial charge in [-0.3, -0.25) is 9.69 Å². The first kappa shape index (κ1) is 18.8. The molecule has 1 N–H and O–H groups in total. The van der Waals surface area contributed by atoms with Crippen LogP contribution in [0.4, 0.5) is 0 Å². The van der Waals surface area contributed by atoms with Gasteiger partial charge in [0.1, 0.15) is 12.4 Å². The van der Waals surface area contributed by atoms with E-state index in [-0.39, 0.29) is 24.2 Å². The zero-order valence-corrected chi connectivity index (χ0v) is 15.8. The Balaban J connectivity index is 0.00000182. The summed E-state index contributed by atoms with van der Waals surface area (Å²) in [5, 5.41) is 4.09. The van der Waals surface area contributed by atoms with Crippen molar-refractivity contribution in [1.29, 1.82) is 0 Å². The van der Waals surface area contributed by atoms with E-state index in [1.165, 1.54) is 0 Å². The number of ether oxygens (including phenoxy) is 1. The van der Waals surface area contributed by atoms with Crippen LogP contribution in [0.1, 0.15) is 12.0 Å². The lowest BCUT2D eigenvalue weighted by Crippen LogP contribution is -2.49. The zero-order valence-electron chi connectivity index (χ0n) is 14.2. The molecule has 1 amide bonds. The topological polar surface area (TPSA) is 44.8 Å². The third-order valence-corrected chi connectivity index (χ3v) is 5.66. The van der Waals surface area contributed by atoms with E-state index < -0.39 is 0 Å². The molecule has 1 aromatic carbocycles. The number of carbonyl (C=O) groups is 1. The van der Waals surface area contributed by atoms with Crippen LogP contribution < -0.4 is 10.1 Å². The van der Waals surface area contributed by atoms with Crippen LogP contribution in [0.3, 0.4) is 0 Å². The molecule has 25 heavy (non-hydrogen) atoms. The van der Waals surface area contributed by atoms with E-state index in [0.717, 1.165) is 63.4 Å².